The third-order valence-electron chi connectivity index (χ3n) is 2.55. The summed E-state index contributed by atoms with van der Waals surface area (Å²) < 4.78 is 52.8. The fourth-order valence-electron chi connectivity index (χ4n) is 1.63. The molecule has 1 N–H and O–H groups in total. The lowest BCUT2D eigenvalue weighted by Crippen LogP contribution is -2.46. The number of hydrogen-bond acceptors (Lipinski definition) is 1. The fourth-order valence-corrected chi connectivity index (χ4v) is 1.63. The Hall–Kier alpha value is -1.82. The van der Waals surface area contributed by atoms with Crippen molar-refractivity contribution < 1.29 is 22.6 Å². The minimum absolute atomic E-state index is 0.445. The molecule has 0 bridgehead atoms. The first-order valence-corrected chi connectivity index (χ1v) is 5.08. The molecule has 0 aromatic heterocycles. The molecule has 0 spiro atoms. The van der Waals surface area contributed by atoms with Gasteiger partial charge in [-0.1, -0.05) is 24.3 Å². The molecule has 2 aromatic carbocycles. The van der Waals surface area contributed by atoms with E-state index in [2.05, 4.69) is 0 Å². The average molecular weight is 254 g/mol. The summed E-state index contributed by atoms with van der Waals surface area (Å²) in [7, 11) is 0. The second-order valence-corrected chi connectivity index (χ2v) is 3.69. The van der Waals surface area contributed by atoms with E-state index in [0.717, 1.165) is 24.3 Å². The summed E-state index contributed by atoms with van der Waals surface area (Å²) >= 11 is 0. The Bertz CT molecular complexity index is 537. The average Bonchev–Trinajstić information content (AvgIpc) is 2.35. The zero-order valence-electron chi connectivity index (χ0n) is 9.00. The summed E-state index contributed by atoms with van der Waals surface area (Å²) in [6.45, 7) is -1.77. The standard InChI is InChI=1S/C12H7BF4O/c14-9-5-1-3-7(11(9)16)13(18)8-4-2-6-10(15)12(8)17/h1-6,18H. The van der Waals surface area contributed by atoms with Gasteiger partial charge in [0.2, 0.25) is 0 Å². The molecule has 0 saturated heterocycles. The van der Waals surface area contributed by atoms with Crippen LogP contribution in [-0.4, -0.2) is 11.9 Å². The highest BCUT2D eigenvalue weighted by Gasteiger charge is 2.26. The van der Waals surface area contributed by atoms with Crippen LogP contribution in [0.15, 0.2) is 36.4 Å². The van der Waals surface area contributed by atoms with Crippen molar-refractivity contribution in [3.63, 3.8) is 0 Å². The van der Waals surface area contributed by atoms with E-state index in [4.69, 9.17) is 0 Å². The Morgan fingerprint density at radius 1 is 0.722 bits per heavy atom. The molecule has 2 aromatic rings. The van der Waals surface area contributed by atoms with Crippen LogP contribution in [0.25, 0.3) is 0 Å². The third kappa shape index (κ3) is 2.11. The summed E-state index contributed by atoms with van der Waals surface area (Å²) in [5, 5.41) is 9.79. The summed E-state index contributed by atoms with van der Waals surface area (Å²) in [5.41, 5.74) is -0.890. The van der Waals surface area contributed by atoms with Gasteiger partial charge in [0, 0.05) is 0 Å². The molecule has 0 radical (unpaired) electrons. The van der Waals surface area contributed by atoms with Crippen molar-refractivity contribution in [2.45, 2.75) is 0 Å². The van der Waals surface area contributed by atoms with Crippen LogP contribution in [0.1, 0.15) is 0 Å². The van der Waals surface area contributed by atoms with Crippen molar-refractivity contribution in [1.82, 2.24) is 0 Å². The van der Waals surface area contributed by atoms with Crippen molar-refractivity contribution >= 4 is 17.8 Å². The van der Waals surface area contributed by atoms with Crippen LogP contribution in [0.4, 0.5) is 17.6 Å². The number of rotatable bonds is 2. The Morgan fingerprint density at radius 2 is 1.11 bits per heavy atom. The molecule has 0 heterocycles. The second kappa shape index (κ2) is 4.82. The monoisotopic (exact) mass is 254 g/mol. The maximum atomic E-state index is 13.4. The minimum atomic E-state index is -1.77. The van der Waals surface area contributed by atoms with E-state index in [9.17, 15) is 22.6 Å². The van der Waals surface area contributed by atoms with Gasteiger partial charge in [0.05, 0.1) is 0 Å². The van der Waals surface area contributed by atoms with Crippen LogP contribution in [0.3, 0.4) is 0 Å². The lowest BCUT2D eigenvalue weighted by atomic mass is 9.55. The molecule has 0 aliphatic heterocycles. The zero-order chi connectivity index (χ0) is 13.3. The highest BCUT2D eigenvalue weighted by Crippen LogP contribution is 2.06. The zero-order valence-corrected chi connectivity index (χ0v) is 9.00. The van der Waals surface area contributed by atoms with Crippen molar-refractivity contribution in [1.29, 1.82) is 0 Å². The Kier molecular flexibility index (Phi) is 3.38. The van der Waals surface area contributed by atoms with Gasteiger partial charge >= 0.3 is 6.92 Å². The molecule has 0 aliphatic carbocycles. The maximum absolute atomic E-state index is 13.4. The lowest BCUT2D eigenvalue weighted by Gasteiger charge is -2.10. The van der Waals surface area contributed by atoms with Crippen molar-refractivity contribution in [2.75, 3.05) is 0 Å². The van der Waals surface area contributed by atoms with E-state index in [1.54, 1.807) is 0 Å². The SMILES string of the molecule is OB(c1cccc(F)c1F)c1cccc(F)c1F. The normalized spacial score (nSPS) is 10.5. The van der Waals surface area contributed by atoms with Crippen LogP contribution in [0.5, 0.6) is 0 Å². The first-order chi connectivity index (χ1) is 8.52. The van der Waals surface area contributed by atoms with Crippen LogP contribution in [0, 0.1) is 23.3 Å². The number of benzene rings is 2. The van der Waals surface area contributed by atoms with Crippen LogP contribution < -0.4 is 10.9 Å². The topological polar surface area (TPSA) is 20.2 Å². The minimum Gasteiger partial charge on any atom is -0.443 e. The van der Waals surface area contributed by atoms with Gasteiger partial charge in [-0.25, -0.2) is 17.6 Å². The summed E-state index contributed by atoms with van der Waals surface area (Å²) in [6, 6.07) is 6.30. The van der Waals surface area contributed by atoms with Crippen molar-refractivity contribution in [3.8, 4) is 0 Å². The molecule has 18 heavy (non-hydrogen) atoms. The first kappa shape index (κ1) is 12.6. The second-order valence-electron chi connectivity index (χ2n) is 3.69. The molecule has 0 saturated carbocycles. The molecular formula is C12H7BF4O. The number of halogens is 4. The van der Waals surface area contributed by atoms with Crippen LogP contribution in [0.2, 0.25) is 0 Å². The Morgan fingerprint density at radius 3 is 1.50 bits per heavy atom. The van der Waals surface area contributed by atoms with E-state index >= 15 is 0 Å². The van der Waals surface area contributed by atoms with Gasteiger partial charge in [0.1, 0.15) is 0 Å². The molecule has 0 aliphatic rings. The highest BCUT2D eigenvalue weighted by atomic mass is 19.2. The largest absolute Gasteiger partial charge is 0.443 e. The molecule has 0 amide bonds. The summed E-state index contributed by atoms with van der Waals surface area (Å²) in [6.07, 6.45) is 0. The van der Waals surface area contributed by atoms with E-state index in [0.29, 0.717) is 0 Å². The summed E-state index contributed by atoms with van der Waals surface area (Å²) in [4.78, 5) is 0. The van der Waals surface area contributed by atoms with Crippen LogP contribution in [-0.2, 0) is 0 Å². The van der Waals surface area contributed by atoms with E-state index in [1.165, 1.54) is 12.1 Å². The lowest BCUT2D eigenvalue weighted by molar-refractivity contribution is 0.505. The van der Waals surface area contributed by atoms with E-state index in [1.807, 2.05) is 0 Å². The van der Waals surface area contributed by atoms with E-state index < -0.39 is 41.1 Å². The van der Waals surface area contributed by atoms with Gasteiger partial charge in [-0.05, 0) is 23.1 Å². The van der Waals surface area contributed by atoms with Gasteiger partial charge < -0.3 is 5.02 Å². The molecule has 0 unspecified atom stereocenters. The molecule has 0 atom stereocenters. The predicted molar refractivity (Wildman–Crippen MR) is 60.0 cm³/mol. The Balaban J connectivity index is 2.51. The Labute approximate surface area is 101 Å². The van der Waals surface area contributed by atoms with Crippen molar-refractivity contribution in [2.24, 2.45) is 0 Å². The van der Waals surface area contributed by atoms with Crippen LogP contribution >= 0.6 is 0 Å². The molecule has 0 fully saturated rings. The van der Waals surface area contributed by atoms with Crippen molar-refractivity contribution in [3.05, 3.63) is 59.7 Å². The predicted octanol–water partition coefficient (Wildman–Crippen LogP) is 1.34. The smallest absolute Gasteiger partial charge is 0.365 e. The van der Waals surface area contributed by atoms with Gasteiger partial charge in [0.25, 0.3) is 0 Å². The third-order valence-corrected chi connectivity index (χ3v) is 2.55. The summed E-state index contributed by atoms with van der Waals surface area (Å²) in [5.74, 6) is -4.89. The van der Waals surface area contributed by atoms with E-state index in [-0.39, 0.29) is 0 Å². The molecule has 2 rings (SSSR count). The fraction of sp³-hybridized carbons (Fsp3) is 0. The van der Waals surface area contributed by atoms with Gasteiger partial charge in [-0.15, -0.1) is 0 Å². The highest BCUT2D eigenvalue weighted by molar-refractivity contribution is 6.79. The van der Waals surface area contributed by atoms with Gasteiger partial charge in [-0.2, -0.15) is 0 Å². The van der Waals surface area contributed by atoms with Gasteiger partial charge in [0.15, 0.2) is 23.3 Å². The van der Waals surface area contributed by atoms with Gasteiger partial charge in [-0.3, -0.25) is 0 Å². The maximum Gasteiger partial charge on any atom is 0.365 e. The molecule has 92 valence electrons. The number of hydrogen-bond donors (Lipinski definition) is 1. The molecule has 6 heteroatoms. The first-order valence-electron chi connectivity index (χ1n) is 5.08. The molecular weight excluding hydrogens is 247 g/mol. The molecule has 1 nitrogen and oxygen atoms in total. The quantitative estimate of drug-likeness (QED) is 0.633.